The fraction of sp³-hybridized carbons (Fsp3) is 0.0769. The van der Waals surface area contributed by atoms with E-state index < -0.39 is 0 Å². The van der Waals surface area contributed by atoms with E-state index in [1.54, 1.807) is 56.7 Å². The van der Waals surface area contributed by atoms with Crippen molar-refractivity contribution in [3.05, 3.63) is 78.0 Å². The molecule has 0 aliphatic carbocycles. The average Bonchev–Trinajstić information content (AvgIpc) is 3.68. The highest BCUT2D eigenvalue weighted by molar-refractivity contribution is 7.29. The van der Waals surface area contributed by atoms with Crippen LogP contribution in [0.2, 0.25) is 0 Å². The standard InChI is InChI=1S/C23H16O2S5.C2H4.CH2O/c1-13-21(25-14(2)24)23(20-10-8-18(29-20)16-6-4-12-27-16)30-22(13)19-9-7-17(28-19)15-5-3-11-26-15;2*1-2/h3-12H,1-2H3;1-2H2;1H2. The Bertz CT molecular complexity index is 1340. The minimum absolute atomic E-state index is 0.288. The Morgan fingerprint density at radius 3 is 1.62 bits per heavy atom. The van der Waals surface area contributed by atoms with Crippen LogP contribution >= 0.6 is 56.7 Å². The van der Waals surface area contributed by atoms with Crippen molar-refractivity contribution < 1.29 is 14.3 Å². The van der Waals surface area contributed by atoms with Gasteiger partial charge in [-0.05, 0) is 54.1 Å². The first-order valence-electron chi connectivity index (χ1n) is 9.99. The molecule has 0 radical (unpaired) electrons. The van der Waals surface area contributed by atoms with Crippen molar-refractivity contribution in [2.75, 3.05) is 0 Å². The molecule has 174 valence electrons. The molecule has 5 aromatic heterocycles. The Kier molecular flexibility index (Phi) is 9.32. The molecule has 5 heterocycles. The number of rotatable bonds is 5. The van der Waals surface area contributed by atoms with Gasteiger partial charge in [0.05, 0.1) is 9.75 Å². The van der Waals surface area contributed by atoms with E-state index in [1.807, 2.05) is 13.7 Å². The maximum Gasteiger partial charge on any atom is 0.308 e. The van der Waals surface area contributed by atoms with E-state index in [0.29, 0.717) is 5.75 Å². The number of carbonyl (C=O) groups is 2. The van der Waals surface area contributed by atoms with Gasteiger partial charge < -0.3 is 9.53 Å². The van der Waals surface area contributed by atoms with Gasteiger partial charge in [0.1, 0.15) is 6.79 Å². The summed E-state index contributed by atoms with van der Waals surface area (Å²) in [6.07, 6.45) is 0. The molecule has 0 atom stereocenters. The molecule has 0 fully saturated rings. The lowest BCUT2D eigenvalue weighted by Gasteiger charge is -2.03. The minimum atomic E-state index is -0.288. The summed E-state index contributed by atoms with van der Waals surface area (Å²) < 4.78 is 5.70. The van der Waals surface area contributed by atoms with Crippen LogP contribution in [-0.2, 0) is 9.59 Å². The molecule has 0 N–H and O–H groups in total. The van der Waals surface area contributed by atoms with Gasteiger partial charge in [-0.2, -0.15) is 0 Å². The molecule has 0 amide bonds. The van der Waals surface area contributed by atoms with Gasteiger partial charge in [-0.15, -0.1) is 69.8 Å². The Morgan fingerprint density at radius 1 is 0.706 bits per heavy atom. The third kappa shape index (κ3) is 5.54. The summed E-state index contributed by atoms with van der Waals surface area (Å²) in [5.74, 6) is 0.400. The summed E-state index contributed by atoms with van der Waals surface area (Å²) in [7, 11) is 0. The van der Waals surface area contributed by atoms with E-state index >= 15 is 0 Å². The highest BCUT2D eigenvalue weighted by atomic mass is 32.1. The molecule has 3 nitrogen and oxygen atoms in total. The number of carbonyl (C=O) groups excluding carboxylic acids is 2. The average molecular weight is 543 g/mol. The zero-order valence-electron chi connectivity index (χ0n) is 18.7. The van der Waals surface area contributed by atoms with Crippen molar-refractivity contribution in [1.29, 1.82) is 0 Å². The molecule has 34 heavy (non-hydrogen) atoms. The van der Waals surface area contributed by atoms with Crippen LogP contribution in [0.3, 0.4) is 0 Å². The van der Waals surface area contributed by atoms with Crippen molar-refractivity contribution in [2.45, 2.75) is 13.8 Å². The topological polar surface area (TPSA) is 43.4 Å². The van der Waals surface area contributed by atoms with E-state index in [-0.39, 0.29) is 5.97 Å². The van der Waals surface area contributed by atoms with Gasteiger partial charge in [0.2, 0.25) is 0 Å². The van der Waals surface area contributed by atoms with Gasteiger partial charge in [-0.3, -0.25) is 4.79 Å². The zero-order valence-corrected chi connectivity index (χ0v) is 22.7. The van der Waals surface area contributed by atoms with E-state index in [1.165, 1.54) is 36.2 Å². The largest absolute Gasteiger partial charge is 0.425 e. The molecule has 5 rings (SSSR count). The molecular formula is C26H22O3S5. The second kappa shape index (κ2) is 12.2. The highest BCUT2D eigenvalue weighted by Crippen LogP contribution is 2.51. The Labute approximate surface area is 219 Å². The lowest BCUT2D eigenvalue weighted by molar-refractivity contribution is -0.131. The van der Waals surface area contributed by atoms with Gasteiger partial charge in [-0.1, -0.05) is 12.1 Å². The van der Waals surface area contributed by atoms with Crippen LogP contribution in [0.15, 0.2) is 72.4 Å². The summed E-state index contributed by atoms with van der Waals surface area (Å²) in [6.45, 7) is 11.5. The molecule has 8 heteroatoms. The molecule has 0 saturated heterocycles. The van der Waals surface area contributed by atoms with Crippen LogP contribution in [0.5, 0.6) is 5.75 Å². The van der Waals surface area contributed by atoms with Crippen molar-refractivity contribution in [1.82, 2.24) is 0 Å². The summed E-state index contributed by atoms with van der Waals surface area (Å²) in [5, 5.41) is 4.19. The van der Waals surface area contributed by atoms with Crippen LogP contribution in [0.4, 0.5) is 0 Å². The van der Waals surface area contributed by atoms with Crippen molar-refractivity contribution in [3.63, 3.8) is 0 Å². The fourth-order valence-electron chi connectivity index (χ4n) is 3.18. The lowest BCUT2D eigenvalue weighted by Crippen LogP contribution is -2.02. The number of esters is 1. The van der Waals surface area contributed by atoms with Crippen LogP contribution in [0.1, 0.15) is 12.5 Å². The quantitative estimate of drug-likeness (QED) is 0.164. The molecule has 0 bridgehead atoms. The van der Waals surface area contributed by atoms with E-state index in [4.69, 9.17) is 9.53 Å². The fourth-order valence-corrected chi connectivity index (χ4v) is 8.37. The number of ether oxygens (including phenoxy) is 1. The Hall–Kier alpha value is -2.62. The SMILES string of the molecule is C=C.C=O.CC(=O)Oc1c(-c2ccc(-c3cccs3)s2)sc(-c2ccc(-c3cccs3)s2)c1C. The summed E-state index contributed by atoms with van der Waals surface area (Å²) in [6, 6.07) is 17.1. The van der Waals surface area contributed by atoms with Crippen molar-refractivity contribution in [2.24, 2.45) is 0 Å². The molecule has 0 unspecified atom stereocenters. The first kappa shape index (κ1) is 26.0. The van der Waals surface area contributed by atoms with Crippen LogP contribution < -0.4 is 4.74 Å². The monoisotopic (exact) mass is 542 g/mol. The maximum absolute atomic E-state index is 11.8. The van der Waals surface area contributed by atoms with Gasteiger partial charge in [0.15, 0.2) is 5.75 Å². The zero-order chi connectivity index (χ0) is 24.7. The van der Waals surface area contributed by atoms with Crippen LogP contribution in [-0.4, -0.2) is 12.8 Å². The summed E-state index contributed by atoms with van der Waals surface area (Å²) >= 11 is 8.72. The van der Waals surface area contributed by atoms with Gasteiger partial charge in [0.25, 0.3) is 0 Å². The number of hydrogen-bond acceptors (Lipinski definition) is 8. The second-order valence-electron chi connectivity index (χ2n) is 6.59. The molecular weight excluding hydrogens is 521 g/mol. The smallest absolute Gasteiger partial charge is 0.308 e. The number of hydrogen-bond donors (Lipinski definition) is 0. The van der Waals surface area contributed by atoms with Crippen LogP contribution in [0, 0.1) is 6.92 Å². The molecule has 0 spiro atoms. The second-order valence-corrected chi connectivity index (χ2v) is 11.7. The molecule has 0 aliphatic rings. The Balaban J connectivity index is 0.000000771. The molecule has 0 aromatic carbocycles. The van der Waals surface area contributed by atoms with Gasteiger partial charge >= 0.3 is 5.97 Å². The van der Waals surface area contributed by atoms with Gasteiger partial charge in [-0.25, -0.2) is 0 Å². The van der Waals surface area contributed by atoms with Crippen LogP contribution in [0.25, 0.3) is 39.0 Å². The first-order valence-corrected chi connectivity index (χ1v) is 14.2. The number of thiophene rings is 5. The molecule has 5 aromatic rings. The first-order chi connectivity index (χ1) is 16.6. The highest BCUT2D eigenvalue weighted by Gasteiger charge is 2.23. The predicted octanol–water partition coefficient (Wildman–Crippen LogP) is 9.51. The van der Waals surface area contributed by atoms with E-state index in [0.717, 1.165) is 15.3 Å². The normalized spacial score (nSPS) is 10.1. The van der Waals surface area contributed by atoms with Gasteiger partial charge in [0, 0.05) is 41.8 Å². The maximum atomic E-state index is 11.8. The Morgan fingerprint density at radius 2 is 1.18 bits per heavy atom. The molecule has 0 aliphatic heterocycles. The van der Waals surface area contributed by atoms with Crippen molar-refractivity contribution >= 4 is 69.4 Å². The summed E-state index contributed by atoms with van der Waals surface area (Å²) in [4.78, 5) is 29.4. The molecule has 0 saturated carbocycles. The minimum Gasteiger partial charge on any atom is -0.425 e. The summed E-state index contributed by atoms with van der Waals surface area (Å²) in [5.41, 5.74) is 1.02. The van der Waals surface area contributed by atoms with Crippen molar-refractivity contribution in [3.8, 4) is 44.8 Å². The van der Waals surface area contributed by atoms with E-state index in [2.05, 4.69) is 72.4 Å². The third-order valence-electron chi connectivity index (χ3n) is 4.52. The third-order valence-corrected chi connectivity index (χ3v) is 10.5. The van der Waals surface area contributed by atoms with E-state index in [9.17, 15) is 4.79 Å². The predicted molar refractivity (Wildman–Crippen MR) is 152 cm³/mol. The lowest BCUT2D eigenvalue weighted by atomic mass is 10.2.